The molecule has 0 aliphatic heterocycles. The van der Waals surface area contributed by atoms with E-state index in [0.29, 0.717) is 5.75 Å². The minimum atomic E-state index is -0.556. The number of benzene rings is 2. The molecule has 0 atom stereocenters. The molecular formula is C17H18O3. The van der Waals surface area contributed by atoms with Gasteiger partial charge in [-0.1, -0.05) is 51.1 Å². The van der Waals surface area contributed by atoms with Crippen LogP contribution in [0.1, 0.15) is 36.7 Å². The van der Waals surface area contributed by atoms with Crippen molar-refractivity contribution >= 4 is 5.97 Å². The van der Waals surface area contributed by atoms with E-state index in [4.69, 9.17) is 4.74 Å². The summed E-state index contributed by atoms with van der Waals surface area (Å²) in [6.07, 6.45) is 0. The lowest BCUT2D eigenvalue weighted by Crippen LogP contribution is -2.16. The molecule has 0 spiro atoms. The first-order valence-corrected chi connectivity index (χ1v) is 6.49. The normalized spacial score (nSPS) is 11.2. The molecule has 3 nitrogen and oxygen atoms in total. The van der Waals surface area contributed by atoms with Gasteiger partial charge >= 0.3 is 5.97 Å². The largest absolute Gasteiger partial charge is 0.507 e. The van der Waals surface area contributed by atoms with Crippen LogP contribution in [0.15, 0.2) is 48.5 Å². The molecule has 2 aromatic carbocycles. The zero-order chi connectivity index (χ0) is 14.8. The highest BCUT2D eigenvalue weighted by Gasteiger charge is 2.21. The highest BCUT2D eigenvalue weighted by atomic mass is 16.5. The average molecular weight is 270 g/mol. The molecule has 2 rings (SSSR count). The molecule has 0 saturated carbocycles. The van der Waals surface area contributed by atoms with Crippen LogP contribution in [0.3, 0.4) is 0 Å². The molecule has 0 amide bonds. The van der Waals surface area contributed by atoms with Gasteiger partial charge in [-0.25, -0.2) is 4.79 Å². The van der Waals surface area contributed by atoms with Gasteiger partial charge in [0.2, 0.25) is 0 Å². The predicted molar refractivity (Wildman–Crippen MR) is 78.2 cm³/mol. The number of esters is 1. The first-order chi connectivity index (χ1) is 9.39. The van der Waals surface area contributed by atoms with Gasteiger partial charge in [0, 0.05) is 5.56 Å². The summed E-state index contributed by atoms with van der Waals surface area (Å²) in [5.41, 5.74) is 0.982. The number of para-hydroxylation sites is 2. The standard InChI is InChI=1S/C17H18O3/c1-17(2,3)13-9-5-7-11-15(13)20-16(19)12-8-4-6-10-14(12)18/h4-11,18H,1-3H3. The van der Waals surface area contributed by atoms with Crippen LogP contribution in [0.5, 0.6) is 11.5 Å². The second-order valence-corrected chi connectivity index (χ2v) is 5.65. The van der Waals surface area contributed by atoms with E-state index in [1.807, 2.05) is 18.2 Å². The molecule has 0 unspecified atom stereocenters. The summed E-state index contributed by atoms with van der Waals surface area (Å²) in [7, 11) is 0. The molecule has 0 aliphatic carbocycles. The van der Waals surface area contributed by atoms with Crippen molar-refractivity contribution in [3.63, 3.8) is 0 Å². The number of rotatable bonds is 2. The zero-order valence-electron chi connectivity index (χ0n) is 11.9. The summed E-state index contributed by atoms with van der Waals surface area (Å²) in [6, 6.07) is 13.8. The van der Waals surface area contributed by atoms with E-state index in [2.05, 4.69) is 20.8 Å². The third-order valence-electron chi connectivity index (χ3n) is 3.02. The Hall–Kier alpha value is -2.29. The number of hydrogen-bond donors (Lipinski definition) is 1. The van der Waals surface area contributed by atoms with Crippen molar-refractivity contribution in [3.8, 4) is 11.5 Å². The van der Waals surface area contributed by atoms with E-state index < -0.39 is 5.97 Å². The monoisotopic (exact) mass is 270 g/mol. The van der Waals surface area contributed by atoms with Crippen LogP contribution in [0.4, 0.5) is 0 Å². The molecule has 20 heavy (non-hydrogen) atoms. The van der Waals surface area contributed by atoms with Gasteiger partial charge in [0.1, 0.15) is 17.1 Å². The molecule has 1 N–H and O–H groups in total. The van der Waals surface area contributed by atoms with Crippen molar-refractivity contribution in [2.75, 3.05) is 0 Å². The van der Waals surface area contributed by atoms with E-state index in [-0.39, 0.29) is 16.7 Å². The Morgan fingerprint density at radius 3 is 2.25 bits per heavy atom. The topological polar surface area (TPSA) is 46.5 Å². The second kappa shape index (κ2) is 5.37. The summed E-state index contributed by atoms with van der Waals surface area (Å²) < 4.78 is 5.44. The van der Waals surface area contributed by atoms with Crippen LogP contribution in [0, 0.1) is 0 Å². The van der Waals surface area contributed by atoms with E-state index in [1.165, 1.54) is 12.1 Å². The Kier molecular flexibility index (Phi) is 3.79. The van der Waals surface area contributed by atoms with E-state index in [1.54, 1.807) is 18.2 Å². The van der Waals surface area contributed by atoms with Crippen molar-refractivity contribution < 1.29 is 14.6 Å². The molecule has 104 valence electrons. The van der Waals surface area contributed by atoms with Crippen molar-refractivity contribution in [3.05, 3.63) is 59.7 Å². The minimum absolute atomic E-state index is 0.0780. The Bertz CT molecular complexity index is 624. The number of carbonyl (C=O) groups is 1. The van der Waals surface area contributed by atoms with Gasteiger partial charge in [0.15, 0.2) is 0 Å². The van der Waals surface area contributed by atoms with Crippen LogP contribution in [0.2, 0.25) is 0 Å². The summed E-state index contributed by atoms with van der Waals surface area (Å²) in [5, 5.41) is 9.69. The third-order valence-corrected chi connectivity index (χ3v) is 3.02. The smallest absolute Gasteiger partial charge is 0.347 e. The van der Waals surface area contributed by atoms with Crippen LogP contribution < -0.4 is 4.74 Å². The number of carbonyl (C=O) groups excluding carboxylic acids is 1. The van der Waals surface area contributed by atoms with Crippen molar-refractivity contribution in [1.29, 1.82) is 0 Å². The number of ether oxygens (including phenoxy) is 1. The van der Waals surface area contributed by atoms with Crippen LogP contribution in [-0.2, 0) is 5.41 Å². The van der Waals surface area contributed by atoms with E-state index in [9.17, 15) is 9.90 Å². The summed E-state index contributed by atoms with van der Waals surface area (Å²) in [4.78, 5) is 12.1. The Morgan fingerprint density at radius 1 is 1.00 bits per heavy atom. The lowest BCUT2D eigenvalue weighted by Gasteiger charge is -2.22. The van der Waals surface area contributed by atoms with Gasteiger partial charge in [-0.05, 0) is 23.6 Å². The maximum atomic E-state index is 12.1. The Balaban J connectivity index is 2.32. The van der Waals surface area contributed by atoms with Crippen LogP contribution >= 0.6 is 0 Å². The molecule has 0 heterocycles. The molecule has 3 heteroatoms. The van der Waals surface area contributed by atoms with E-state index in [0.717, 1.165) is 5.56 Å². The number of phenols is 1. The minimum Gasteiger partial charge on any atom is -0.507 e. The summed E-state index contributed by atoms with van der Waals surface area (Å²) in [5.74, 6) is -0.112. The molecule has 0 radical (unpaired) electrons. The first-order valence-electron chi connectivity index (χ1n) is 6.49. The lowest BCUT2D eigenvalue weighted by atomic mass is 9.86. The van der Waals surface area contributed by atoms with Gasteiger partial charge in [0.25, 0.3) is 0 Å². The number of phenolic OH excluding ortho intramolecular Hbond substituents is 1. The quantitative estimate of drug-likeness (QED) is 0.664. The molecule has 0 saturated heterocycles. The van der Waals surface area contributed by atoms with Gasteiger partial charge in [0.05, 0.1) is 0 Å². The highest BCUT2D eigenvalue weighted by Crippen LogP contribution is 2.31. The van der Waals surface area contributed by atoms with Gasteiger partial charge in [-0.15, -0.1) is 0 Å². The van der Waals surface area contributed by atoms with Gasteiger partial charge in [-0.3, -0.25) is 0 Å². The molecule has 0 aliphatic rings. The fraction of sp³-hybridized carbons (Fsp3) is 0.235. The zero-order valence-corrected chi connectivity index (χ0v) is 11.9. The molecule has 0 fully saturated rings. The summed E-state index contributed by atoms with van der Waals surface area (Å²) in [6.45, 7) is 6.17. The Labute approximate surface area is 118 Å². The number of hydrogen-bond acceptors (Lipinski definition) is 3. The predicted octanol–water partition coefficient (Wildman–Crippen LogP) is 3.91. The fourth-order valence-corrected chi connectivity index (χ4v) is 1.98. The van der Waals surface area contributed by atoms with Gasteiger partial charge in [-0.2, -0.15) is 0 Å². The SMILES string of the molecule is CC(C)(C)c1ccccc1OC(=O)c1ccccc1O. The van der Waals surface area contributed by atoms with Gasteiger partial charge < -0.3 is 9.84 Å². The van der Waals surface area contributed by atoms with Crippen molar-refractivity contribution in [2.45, 2.75) is 26.2 Å². The highest BCUT2D eigenvalue weighted by molar-refractivity contribution is 5.93. The lowest BCUT2D eigenvalue weighted by molar-refractivity contribution is 0.0729. The number of aromatic hydroxyl groups is 1. The fourth-order valence-electron chi connectivity index (χ4n) is 1.98. The summed E-state index contributed by atoms with van der Waals surface area (Å²) >= 11 is 0. The molecule has 2 aromatic rings. The first kappa shape index (κ1) is 14.1. The van der Waals surface area contributed by atoms with Crippen molar-refractivity contribution in [2.24, 2.45) is 0 Å². The third kappa shape index (κ3) is 2.99. The van der Waals surface area contributed by atoms with Crippen molar-refractivity contribution in [1.82, 2.24) is 0 Å². The Morgan fingerprint density at radius 2 is 1.60 bits per heavy atom. The van der Waals surface area contributed by atoms with Crippen LogP contribution in [0.25, 0.3) is 0 Å². The maximum absolute atomic E-state index is 12.1. The van der Waals surface area contributed by atoms with E-state index >= 15 is 0 Å². The molecule has 0 aromatic heterocycles. The molecular weight excluding hydrogens is 252 g/mol. The van der Waals surface area contributed by atoms with Crippen LogP contribution in [-0.4, -0.2) is 11.1 Å². The average Bonchev–Trinajstić information content (AvgIpc) is 2.38. The second-order valence-electron chi connectivity index (χ2n) is 5.65. The molecule has 0 bridgehead atoms. The maximum Gasteiger partial charge on any atom is 0.347 e.